The number of ketones is 1. The highest BCUT2D eigenvalue weighted by molar-refractivity contribution is 5.99. The first kappa shape index (κ1) is 21.2. The fourth-order valence-corrected chi connectivity index (χ4v) is 3.37. The molecule has 0 saturated carbocycles. The van der Waals surface area contributed by atoms with Crippen molar-refractivity contribution >= 4 is 17.4 Å². The van der Waals surface area contributed by atoms with E-state index in [9.17, 15) is 14.7 Å². The fraction of sp³-hybridized carbons (Fsp3) is 0.240. The quantitative estimate of drug-likeness (QED) is 0.568. The molecule has 3 aromatic rings. The van der Waals surface area contributed by atoms with E-state index in [1.165, 1.54) is 0 Å². The van der Waals surface area contributed by atoms with E-state index >= 15 is 0 Å². The summed E-state index contributed by atoms with van der Waals surface area (Å²) in [6, 6.07) is 16.5. The van der Waals surface area contributed by atoms with Gasteiger partial charge < -0.3 is 10.0 Å². The summed E-state index contributed by atoms with van der Waals surface area (Å²) in [5, 5.41) is 10.4. The van der Waals surface area contributed by atoms with E-state index in [0.717, 1.165) is 28.1 Å². The van der Waals surface area contributed by atoms with E-state index in [1.807, 2.05) is 56.3 Å². The van der Waals surface area contributed by atoms with Crippen LogP contribution in [0.25, 0.3) is 11.1 Å². The summed E-state index contributed by atoms with van der Waals surface area (Å²) in [6.45, 7) is 3.75. The number of anilines is 1. The molecule has 0 aliphatic carbocycles. The number of phenolic OH excluding ortho intramolecular Hbond substituents is 1. The molecular weight excluding hydrogens is 376 g/mol. The molecule has 0 bridgehead atoms. The number of aromatic nitrogens is 1. The van der Waals surface area contributed by atoms with Crippen molar-refractivity contribution in [2.75, 3.05) is 11.9 Å². The zero-order valence-electron chi connectivity index (χ0n) is 17.6. The Morgan fingerprint density at radius 3 is 2.37 bits per heavy atom. The summed E-state index contributed by atoms with van der Waals surface area (Å²) in [5.41, 5.74) is 4.80. The lowest BCUT2D eigenvalue weighted by Gasteiger charge is -2.17. The van der Waals surface area contributed by atoms with Gasteiger partial charge in [0.05, 0.1) is 5.56 Å². The van der Waals surface area contributed by atoms with E-state index in [-0.39, 0.29) is 17.4 Å². The number of carbonyl (C=O) groups excluding carboxylic acids is 2. The number of rotatable bonds is 7. The number of hydrogen-bond acceptors (Lipinski definition) is 4. The first-order chi connectivity index (χ1) is 14.4. The smallest absolute Gasteiger partial charge is 0.226 e. The van der Waals surface area contributed by atoms with Crippen molar-refractivity contribution in [3.05, 3.63) is 77.6 Å². The van der Waals surface area contributed by atoms with Gasteiger partial charge in [-0.1, -0.05) is 31.2 Å². The van der Waals surface area contributed by atoms with Gasteiger partial charge in [0.15, 0.2) is 5.78 Å². The number of phenols is 1. The maximum atomic E-state index is 12.6. The Hall–Kier alpha value is -3.47. The number of Topliss-reactive ketones (excluding diaryl/α,β-unsaturated/α-hetero) is 1. The van der Waals surface area contributed by atoms with Crippen LogP contribution >= 0.6 is 0 Å². The van der Waals surface area contributed by atoms with Gasteiger partial charge in [-0.25, -0.2) is 0 Å². The highest BCUT2D eigenvalue weighted by atomic mass is 16.3. The molecule has 1 aromatic heterocycles. The molecule has 0 saturated heterocycles. The van der Waals surface area contributed by atoms with Crippen molar-refractivity contribution in [3.63, 3.8) is 0 Å². The summed E-state index contributed by atoms with van der Waals surface area (Å²) in [7, 11) is 1.75. The highest BCUT2D eigenvalue weighted by Gasteiger charge is 2.14. The van der Waals surface area contributed by atoms with Gasteiger partial charge in [-0.15, -0.1) is 0 Å². The number of aromatic hydroxyl groups is 1. The normalized spacial score (nSPS) is 10.6. The SMILES string of the molecule is CCC(=O)N(C)c1ccc(-c2ccc(C(=O)CCc3cccnc3C)c(O)c2)cc1. The second-order valence-corrected chi connectivity index (χ2v) is 7.26. The second-order valence-electron chi connectivity index (χ2n) is 7.26. The molecule has 3 rings (SSSR count). The number of hydrogen-bond donors (Lipinski definition) is 1. The number of pyridine rings is 1. The number of benzene rings is 2. The maximum absolute atomic E-state index is 12.6. The van der Waals surface area contributed by atoms with E-state index < -0.39 is 0 Å². The van der Waals surface area contributed by atoms with Crippen molar-refractivity contribution in [2.24, 2.45) is 0 Å². The van der Waals surface area contributed by atoms with Crippen molar-refractivity contribution in [2.45, 2.75) is 33.1 Å². The summed E-state index contributed by atoms with van der Waals surface area (Å²) in [6.07, 6.45) is 3.08. The minimum absolute atomic E-state index is 0.0252. The van der Waals surface area contributed by atoms with Gasteiger partial charge in [0.1, 0.15) is 5.75 Å². The van der Waals surface area contributed by atoms with Crippen LogP contribution in [0.3, 0.4) is 0 Å². The molecule has 5 heteroatoms. The van der Waals surface area contributed by atoms with Crippen LogP contribution in [-0.4, -0.2) is 28.8 Å². The zero-order valence-corrected chi connectivity index (χ0v) is 17.6. The van der Waals surface area contributed by atoms with E-state index in [0.29, 0.717) is 24.8 Å². The zero-order chi connectivity index (χ0) is 21.7. The molecule has 0 atom stereocenters. The van der Waals surface area contributed by atoms with Crippen LogP contribution in [0.15, 0.2) is 60.8 Å². The summed E-state index contributed by atoms with van der Waals surface area (Å²) in [4.78, 5) is 30.3. The third-order valence-electron chi connectivity index (χ3n) is 5.30. The lowest BCUT2D eigenvalue weighted by Crippen LogP contribution is -2.24. The van der Waals surface area contributed by atoms with Crippen molar-refractivity contribution in [3.8, 4) is 16.9 Å². The monoisotopic (exact) mass is 402 g/mol. The molecule has 0 spiro atoms. The number of nitrogens with zero attached hydrogens (tertiary/aromatic N) is 2. The molecule has 1 amide bonds. The Morgan fingerprint density at radius 1 is 1.03 bits per heavy atom. The predicted octanol–water partition coefficient (Wildman–Crippen LogP) is 4.95. The van der Waals surface area contributed by atoms with E-state index in [4.69, 9.17) is 0 Å². The Bertz CT molecular complexity index is 1060. The molecule has 0 aliphatic heterocycles. The molecular formula is C25H26N2O3. The van der Waals surface area contributed by atoms with Crippen LogP contribution in [0.1, 0.15) is 41.4 Å². The first-order valence-electron chi connectivity index (χ1n) is 10.0. The van der Waals surface area contributed by atoms with Crippen LogP contribution in [0.5, 0.6) is 5.75 Å². The van der Waals surface area contributed by atoms with Gasteiger partial charge in [-0.2, -0.15) is 0 Å². The molecule has 0 aliphatic rings. The van der Waals surface area contributed by atoms with Crippen LogP contribution < -0.4 is 4.90 Å². The summed E-state index contributed by atoms with van der Waals surface area (Å²) in [5.74, 6) is -0.0788. The van der Waals surface area contributed by atoms with Crippen molar-refractivity contribution in [1.82, 2.24) is 4.98 Å². The summed E-state index contributed by atoms with van der Waals surface area (Å²) < 4.78 is 0. The molecule has 2 aromatic carbocycles. The van der Waals surface area contributed by atoms with Gasteiger partial charge in [-0.05, 0) is 60.4 Å². The van der Waals surface area contributed by atoms with E-state index in [1.54, 1.807) is 30.3 Å². The average Bonchev–Trinajstić information content (AvgIpc) is 2.77. The topological polar surface area (TPSA) is 70.5 Å². The highest BCUT2D eigenvalue weighted by Crippen LogP contribution is 2.29. The number of aryl methyl sites for hydroxylation is 2. The standard InChI is InChI=1S/C25H26N2O3/c1-4-25(30)27(3)21-11-7-19(8-12-21)20-9-13-22(24(29)16-20)23(28)14-10-18-6-5-15-26-17(18)2/h5-9,11-13,15-16,29H,4,10,14H2,1-3H3. The molecule has 0 radical (unpaired) electrons. The third kappa shape index (κ3) is 4.74. The number of carbonyl (C=O) groups is 2. The van der Waals surface area contributed by atoms with Gasteiger partial charge in [-0.3, -0.25) is 14.6 Å². The lowest BCUT2D eigenvalue weighted by atomic mass is 9.98. The molecule has 5 nitrogen and oxygen atoms in total. The van der Waals surface area contributed by atoms with E-state index in [2.05, 4.69) is 4.98 Å². The fourth-order valence-electron chi connectivity index (χ4n) is 3.37. The molecule has 30 heavy (non-hydrogen) atoms. The molecule has 0 unspecified atom stereocenters. The second kappa shape index (κ2) is 9.35. The molecule has 0 fully saturated rings. The van der Waals surface area contributed by atoms with Gasteiger partial charge in [0.25, 0.3) is 0 Å². The largest absolute Gasteiger partial charge is 0.507 e. The lowest BCUT2D eigenvalue weighted by molar-refractivity contribution is -0.118. The Morgan fingerprint density at radius 2 is 1.73 bits per heavy atom. The summed E-state index contributed by atoms with van der Waals surface area (Å²) >= 11 is 0. The minimum atomic E-state index is -0.0997. The van der Waals surface area contributed by atoms with Crippen LogP contribution in [0, 0.1) is 6.92 Å². The minimum Gasteiger partial charge on any atom is -0.507 e. The average molecular weight is 402 g/mol. The van der Waals surface area contributed by atoms with Crippen LogP contribution in [0.2, 0.25) is 0 Å². The molecule has 1 heterocycles. The Labute approximate surface area is 177 Å². The maximum Gasteiger partial charge on any atom is 0.226 e. The van der Waals surface area contributed by atoms with Crippen LogP contribution in [-0.2, 0) is 11.2 Å². The van der Waals surface area contributed by atoms with Crippen molar-refractivity contribution < 1.29 is 14.7 Å². The molecule has 1 N–H and O–H groups in total. The van der Waals surface area contributed by atoms with Crippen LogP contribution in [0.4, 0.5) is 5.69 Å². The molecule has 154 valence electrons. The number of amides is 1. The third-order valence-corrected chi connectivity index (χ3v) is 5.30. The van der Waals surface area contributed by atoms with Gasteiger partial charge in [0.2, 0.25) is 5.91 Å². The van der Waals surface area contributed by atoms with Gasteiger partial charge in [0, 0.05) is 37.5 Å². The Kier molecular flexibility index (Phi) is 6.62. The Balaban J connectivity index is 1.72. The predicted molar refractivity (Wildman–Crippen MR) is 119 cm³/mol. The first-order valence-corrected chi connectivity index (χ1v) is 10.0. The van der Waals surface area contributed by atoms with Crippen molar-refractivity contribution in [1.29, 1.82) is 0 Å². The van der Waals surface area contributed by atoms with Gasteiger partial charge >= 0.3 is 0 Å².